The van der Waals surface area contributed by atoms with Crippen LogP contribution in [0, 0.1) is 5.92 Å². The number of tetrazole rings is 1. The van der Waals surface area contributed by atoms with Gasteiger partial charge in [-0.2, -0.15) is 0 Å². The van der Waals surface area contributed by atoms with Gasteiger partial charge in [-0.15, -0.1) is 5.10 Å². The van der Waals surface area contributed by atoms with Gasteiger partial charge >= 0.3 is 0 Å². The molecular weight excluding hydrogens is 322 g/mol. The van der Waals surface area contributed by atoms with Crippen LogP contribution in [0.15, 0.2) is 35.5 Å². The summed E-state index contributed by atoms with van der Waals surface area (Å²) in [4.78, 5) is 12.4. The van der Waals surface area contributed by atoms with Gasteiger partial charge in [-0.05, 0) is 41.2 Å². The molecule has 1 aliphatic carbocycles. The van der Waals surface area contributed by atoms with Crippen molar-refractivity contribution in [3.63, 3.8) is 0 Å². The number of rotatable bonds is 8. The third kappa shape index (κ3) is 4.56. The van der Waals surface area contributed by atoms with Crippen molar-refractivity contribution in [2.45, 2.75) is 50.4 Å². The van der Waals surface area contributed by atoms with Crippen molar-refractivity contribution in [3.05, 3.63) is 35.9 Å². The highest BCUT2D eigenvalue weighted by atomic mass is 32.2. The van der Waals surface area contributed by atoms with Gasteiger partial charge in [-0.3, -0.25) is 4.79 Å². The molecule has 1 fully saturated rings. The highest BCUT2D eigenvalue weighted by molar-refractivity contribution is 7.99. The molecule has 0 bridgehead atoms. The van der Waals surface area contributed by atoms with Crippen LogP contribution < -0.4 is 5.32 Å². The van der Waals surface area contributed by atoms with E-state index in [9.17, 15) is 4.79 Å². The minimum Gasteiger partial charge on any atom is -0.349 e. The molecule has 0 saturated heterocycles. The molecule has 2 aromatic rings. The molecule has 1 atom stereocenters. The van der Waals surface area contributed by atoms with Gasteiger partial charge in [0.2, 0.25) is 11.1 Å². The monoisotopic (exact) mass is 345 g/mol. The van der Waals surface area contributed by atoms with Crippen LogP contribution in [-0.4, -0.2) is 31.9 Å². The van der Waals surface area contributed by atoms with Crippen LogP contribution in [0.25, 0.3) is 0 Å². The molecule has 24 heavy (non-hydrogen) atoms. The summed E-state index contributed by atoms with van der Waals surface area (Å²) in [5, 5.41) is 15.6. The summed E-state index contributed by atoms with van der Waals surface area (Å²) in [6, 6.07) is 10.6. The highest BCUT2D eigenvalue weighted by Crippen LogP contribution is 2.36. The van der Waals surface area contributed by atoms with E-state index in [4.69, 9.17) is 0 Å². The number of aromatic nitrogens is 4. The van der Waals surface area contributed by atoms with Crippen LogP contribution in [0.3, 0.4) is 0 Å². The molecule has 1 N–H and O–H groups in total. The van der Waals surface area contributed by atoms with Crippen LogP contribution in [0.2, 0.25) is 0 Å². The van der Waals surface area contributed by atoms with Gasteiger partial charge in [-0.1, -0.05) is 55.9 Å². The Balaban J connectivity index is 1.58. The third-order valence-electron chi connectivity index (χ3n) is 3.93. The molecule has 1 amide bonds. The molecule has 1 saturated carbocycles. The molecule has 1 aromatic heterocycles. The van der Waals surface area contributed by atoms with Crippen molar-refractivity contribution < 1.29 is 4.79 Å². The standard InChI is InChI=1S/C17H23N5OS/c1-12(2)10-15(13-6-4-3-5-7-13)18-16(23)11-24-17-19-20-21-22(17)14-8-9-14/h3-7,12,14-15H,8-11H2,1-2H3,(H,18,23). The molecule has 3 rings (SSSR count). The lowest BCUT2D eigenvalue weighted by molar-refractivity contribution is -0.119. The van der Waals surface area contributed by atoms with Gasteiger partial charge < -0.3 is 5.32 Å². The molecule has 128 valence electrons. The Hall–Kier alpha value is -1.89. The summed E-state index contributed by atoms with van der Waals surface area (Å²) in [7, 11) is 0. The van der Waals surface area contributed by atoms with E-state index in [1.54, 1.807) is 0 Å². The number of hydrogen-bond acceptors (Lipinski definition) is 5. The summed E-state index contributed by atoms with van der Waals surface area (Å²) in [5.41, 5.74) is 1.15. The van der Waals surface area contributed by atoms with Crippen molar-refractivity contribution in [2.75, 3.05) is 5.75 Å². The zero-order valence-electron chi connectivity index (χ0n) is 14.1. The van der Waals surface area contributed by atoms with Gasteiger partial charge in [0.1, 0.15) is 0 Å². The van der Waals surface area contributed by atoms with Crippen molar-refractivity contribution in [1.29, 1.82) is 0 Å². The van der Waals surface area contributed by atoms with E-state index in [1.807, 2.05) is 22.9 Å². The number of thioether (sulfide) groups is 1. The highest BCUT2D eigenvalue weighted by Gasteiger charge is 2.28. The number of nitrogens with zero attached hydrogens (tertiary/aromatic N) is 4. The summed E-state index contributed by atoms with van der Waals surface area (Å²) < 4.78 is 1.83. The van der Waals surface area contributed by atoms with E-state index in [1.165, 1.54) is 11.8 Å². The normalized spacial score (nSPS) is 15.5. The maximum absolute atomic E-state index is 12.4. The van der Waals surface area contributed by atoms with Gasteiger partial charge in [0, 0.05) is 0 Å². The second-order valence-electron chi connectivity index (χ2n) is 6.59. The summed E-state index contributed by atoms with van der Waals surface area (Å²) in [6.07, 6.45) is 3.16. The zero-order chi connectivity index (χ0) is 16.9. The van der Waals surface area contributed by atoms with E-state index in [-0.39, 0.29) is 11.9 Å². The molecule has 0 aliphatic heterocycles. The van der Waals surface area contributed by atoms with Crippen molar-refractivity contribution in [1.82, 2.24) is 25.5 Å². The van der Waals surface area contributed by atoms with Gasteiger partial charge in [-0.25, -0.2) is 4.68 Å². The Kier molecular flexibility index (Phi) is 5.50. The van der Waals surface area contributed by atoms with Crippen LogP contribution >= 0.6 is 11.8 Å². The first kappa shape index (κ1) is 17.0. The van der Waals surface area contributed by atoms with E-state index < -0.39 is 0 Å². The molecule has 1 aliphatic rings. The fraction of sp³-hybridized carbons (Fsp3) is 0.529. The van der Waals surface area contributed by atoms with Crippen LogP contribution in [-0.2, 0) is 4.79 Å². The van der Waals surface area contributed by atoms with Gasteiger partial charge in [0.05, 0.1) is 17.8 Å². The van der Waals surface area contributed by atoms with Crippen LogP contribution in [0.4, 0.5) is 0 Å². The Labute approximate surface area is 146 Å². The summed E-state index contributed by atoms with van der Waals surface area (Å²) in [6.45, 7) is 4.33. The second kappa shape index (κ2) is 7.79. The van der Waals surface area contributed by atoms with Crippen LogP contribution in [0.1, 0.15) is 50.8 Å². The topological polar surface area (TPSA) is 72.7 Å². The number of hydrogen-bond donors (Lipinski definition) is 1. The summed E-state index contributed by atoms with van der Waals surface area (Å²) in [5.74, 6) is 0.847. The fourth-order valence-electron chi connectivity index (χ4n) is 2.63. The SMILES string of the molecule is CC(C)CC(NC(=O)CSc1nnnn1C1CC1)c1ccccc1. The van der Waals surface area contributed by atoms with E-state index in [0.29, 0.717) is 17.7 Å². The van der Waals surface area contributed by atoms with Crippen LogP contribution in [0.5, 0.6) is 0 Å². The lowest BCUT2D eigenvalue weighted by Gasteiger charge is -2.21. The van der Waals surface area contributed by atoms with E-state index in [2.05, 4.69) is 46.8 Å². The molecule has 1 heterocycles. The average Bonchev–Trinajstić information content (AvgIpc) is 3.31. The van der Waals surface area contributed by atoms with Crippen molar-refractivity contribution >= 4 is 17.7 Å². The molecule has 7 heteroatoms. The first-order valence-corrected chi connectivity index (χ1v) is 9.37. The third-order valence-corrected chi connectivity index (χ3v) is 4.87. The van der Waals surface area contributed by atoms with Crippen molar-refractivity contribution in [3.8, 4) is 0 Å². The van der Waals surface area contributed by atoms with Gasteiger partial charge in [0.15, 0.2) is 0 Å². The average molecular weight is 345 g/mol. The van der Waals surface area contributed by atoms with Crippen molar-refractivity contribution in [2.24, 2.45) is 5.92 Å². The molecule has 1 aromatic carbocycles. The fourth-order valence-corrected chi connectivity index (χ4v) is 3.39. The number of amides is 1. The van der Waals surface area contributed by atoms with E-state index in [0.717, 1.165) is 30.0 Å². The Morgan fingerprint density at radius 1 is 1.33 bits per heavy atom. The maximum atomic E-state index is 12.4. The Bertz CT molecular complexity index is 669. The minimum absolute atomic E-state index is 0.0137. The lowest BCUT2D eigenvalue weighted by atomic mass is 9.97. The number of carbonyl (C=O) groups excluding carboxylic acids is 1. The predicted molar refractivity (Wildman–Crippen MR) is 93.6 cm³/mol. The number of nitrogens with one attached hydrogen (secondary N) is 1. The molecule has 0 radical (unpaired) electrons. The number of benzene rings is 1. The first-order chi connectivity index (χ1) is 11.6. The second-order valence-corrected chi connectivity index (χ2v) is 7.53. The largest absolute Gasteiger partial charge is 0.349 e. The molecule has 0 spiro atoms. The first-order valence-electron chi connectivity index (χ1n) is 8.38. The Morgan fingerprint density at radius 2 is 2.08 bits per heavy atom. The Morgan fingerprint density at radius 3 is 2.75 bits per heavy atom. The predicted octanol–water partition coefficient (Wildman–Crippen LogP) is 3.00. The lowest BCUT2D eigenvalue weighted by Crippen LogP contribution is -2.31. The zero-order valence-corrected chi connectivity index (χ0v) is 14.9. The van der Waals surface area contributed by atoms with Gasteiger partial charge in [0.25, 0.3) is 0 Å². The quantitative estimate of drug-likeness (QED) is 0.745. The smallest absolute Gasteiger partial charge is 0.230 e. The molecule has 6 nitrogen and oxygen atoms in total. The summed E-state index contributed by atoms with van der Waals surface area (Å²) >= 11 is 1.40. The molecule has 1 unspecified atom stereocenters. The molecular formula is C17H23N5OS. The van der Waals surface area contributed by atoms with E-state index >= 15 is 0 Å². The number of carbonyl (C=O) groups is 1. The minimum atomic E-state index is 0.0137. The maximum Gasteiger partial charge on any atom is 0.230 e.